The van der Waals surface area contributed by atoms with E-state index >= 15 is 0 Å². The van der Waals surface area contributed by atoms with E-state index in [-0.39, 0.29) is 6.04 Å². The van der Waals surface area contributed by atoms with E-state index in [1.807, 2.05) is 13.8 Å². The largest absolute Gasteiger partial charge is 0.418 e. The minimum atomic E-state index is 0.0882. The molecule has 0 radical (unpaired) electrons. The van der Waals surface area contributed by atoms with Crippen molar-refractivity contribution in [2.75, 3.05) is 6.54 Å². The molecule has 2 heterocycles. The van der Waals surface area contributed by atoms with Gasteiger partial charge in [-0.15, -0.1) is 21.5 Å². The number of hydrogen-bond acceptors (Lipinski definition) is 6. The van der Waals surface area contributed by atoms with E-state index < -0.39 is 0 Å². The Kier molecular flexibility index (Phi) is 3.86. The SMILES string of the molecule is CCCNC(C)c1nnc(-c2cnc(C)s2)o1. The van der Waals surface area contributed by atoms with Gasteiger partial charge in [-0.05, 0) is 26.8 Å². The standard InChI is InChI=1S/C11H16N4OS/c1-4-5-12-7(2)10-14-15-11(16-10)9-6-13-8(3)17-9/h6-7,12H,4-5H2,1-3H3. The van der Waals surface area contributed by atoms with Crippen molar-refractivity contribution < 1.29 is 4.42 Å². The summed E-state index contributed by atoms with van der Waals surface area (Å²) in [7, 11) is 0. The molecule has 0 amide bonds. The van der Waals surface area contributed by atoms with Crippen LogP contribution in [0.15, 0.2) is 10.6 Å². The average molecular weight is 252 g/mol. The monoisotopic (exact) mass is 252 g/mol. The Morgan fingerprint density at radius 2 is 2.29 bits per heavy atom. The van der Waals surface area contributed by atoms with Crippen molar-refractivity contribution in [3.8, 4) is 10.8 Å². The number of hydrogen-bond donors (Lipinski definition) is 1. The average Bonchev–Trinajstić information content (AvgIpc) is 2.93. The molecule has 2 aromatic rings. The van der Waals surface area contributed by atoms with Crippen molar-refractivity contribution in [1.82, 2.24) is 20.5 Å². The van der Waals surface area contributed by atoms with Gasteiger partial charge in [0, 0.05) is 0 Å². The lowest BCUT2D eigenvalue weighted by atomic mass is 10.3. The first-order valence-corrected chi connectivity index (χ1v) is 6.52. The first-order valence-electron chi connectivity index (χ1n) is 5.70. The molecular weight excluding hydrogens is 236 g/mol. The molecule has 1 N–H and O–H groups in total. The summed E-state index contributed by atoms with van der Waals surface area (Å²) < 4.78 is 5.63. The summed E-state index contributed by atoms with van der Waals surface area (Å²) in [6.07, 6.45) is 2.85. The maximum Gasteiger partial charge on any atom is 0.259 e. The highest BCUT2D eigenvalue weighted by atomic mass is 32.1. The summed E-state index contributed by atoms with van der Waals surface area (Å²) in [6.45, 7) is 7.04. The first-order chi connectivity index (χ1) is 8.20. The van der Waals surface area contributed by atoms with Crippen molar-refractivity contribution >= 4 is 11.3 Å². The summed E-state index contributed by atoms with van der Waals surface area (Å²) in [5.74, 6) is 1.18. The van der Waals surface area contributed by atoms with Gasteiger partial charge in [-0.2, -0.15) is 0 Å². The van der Waals surface area contributed by atoms with E-state index in [4.69, 9.17) is 4.42 Å². The van der Waals surface area contributed by atoms with Crippen LogP contribution in [0.5, 0.6) is 0 Å². The van der Waals surface area contributed by atoms with Crippen LogP contribution in [0.25, 0.3) is 10.8 Å². The van der Waals surface area contributed by atoms with Crippen LogP contribution in [-0.4, -0.2) is 21.7 Å². The summed E-state index contributed by atoms with van der Waals surface area (Å²) in [6, 6.07) is 0.0882. The van der Waals surface area contributed by atoms with Gasteiger partial charge in [-0.25, -0.2) is 4.98 Å². The number of thiazole rings is 1. The van der Waals surface area contributed by atoms with Crippen molar-refractivity contribution in [2.45, 2.75) is 33.2 Å². The van der Waals surface area contributed by atoms with Crippen molar-refractivity contribution in [3.05, 3.63) is 17.1 Å². The van der Waals surface area contributed by atoms with Gasteiger partial charge < -0.3 is 9.73 Å². The maximum absolute atomic E-state index is 5.63. The van der Waals surface area contributed by atoms with Gasteiger partial charge in [-0.1, -0.05) is 6.92 Å². The van der Waals surface area contributed by atoms with E-state index in [0.717, 1.165) is 22.9 Å². The van der Waals surface area contributed by atoms with Crippen molar-refractivity contribution in [3.63, 3.8) is 0 Å². The fraction of sp³-hybridized carbons (Fsp3) is 0.545. The number of aryl methyl sites for hydroxylation is 1. The van der Waals surface area contributed by atoms with Crippen LogP contribution in [0.4, 0.5) is 0 Å². The van der Waals surface area contributed by atoms with Crippen molar-refractivity contribution in [2.24, 2.45) is 0 Å². The second kappa shape index (κ2) is 5.37. The number of rotatable bonds is 5. The number of nitrogens with one attached hydrogen (secondary N) is 1. The Labute approximate surface area is 104 Å². The van der Waals surface area contributed by atoms with Crippen LogP contribution in [0, 0.1) is 6.92 Å². The molecule has 0 fully saturated rings. The highest BCUT2D eigenvalue weighted by Gasteiger charge is 2.15. The highest BCUT2D eigenvalue weighted by molar-refractivity contribution is 7.14. The maximum atomic E-state index is 5.63. The minimum Gasteiger partial charge on any atom is -0.418 e. The Morgan fingerprint density at radius 1 is 1.47 bits per heavy atom. The summed E-state index contributed by atoms with van der Waals surface area (Å²) in [5.41, 5.74) is 0. The lowest BCUT2D eigenvalue weighted by Crippen LogP contribution is -2.19. The smallest absolute Gasteiger partial charge is 0.259 e. The molecule has 2 rings (SSSR count). The van der Waals surface area contributed by atoms with Crippen molar-refractivity contribution in [1.29, 1.82) is 0 Å². The van der Waals surface area contributed by atoms with Crippen LogP contribution in [0.2, 0.25) is 0 Å². The zero-order valence-electron chi connectivity index (χ0n) is 10.2. The molecule has 0 aliphatic carbocycles. The summed E-state index contributed by atoms with van der Waals surface area (Å²) >= 11 is 1.56. The topological polar surface area (TPSA) is 63.8 Å². The molecule has 1 unspecified atom stereocenters. The second-order valence-electron chi connectivity index (χ2n) is 3.86. The van der Waals surface area contributed by atoms with E-state index in [9.17, 15) is 0 Å². The third-order valence-corrected chi connectivity index (χ3v) is 3.24. The molecule has 92 valence electrons. The summed E-state index contributed by atoms with van der Waals surface area (Å²) in [4.78, 5) is 5.09. The van der Waals surface area contributed by atoms with Gasteiger partial charge >= 0.3 is 0 Å². The lowest BCUT2D eigenvalue weighted by Gasteiger charge is -2.07. The molecule has 0 aliphatic heterocycles. The first kappa shape index (κ1) is 12.2. The third kappa shape index (κ3) is 2.89. The predicted molar refractivity (Wildman–Crippen MR) is 66.9 cm³/mol. The Morgan fingerprint density at radius 3 is 2.94 bits per heavy atom. The fourth-order valence-corrected chi connectivity index (χ4v) is 2.12. The number of aromatic nitrogens is 3. The molecule has 5 nitrogen and oxygen atoms in total. The van der Waals surface area contributed by atoms with Crippen LogP contribution in [-0.2, 0) is 0 Å². The van der Waals surface area contributed by atoms with Gasteiger partial charge in [0.2, 0.25) is 5.89 Å². The van der Waals surface area contributed by atoms with Gasteiger partial charge in [0.15, 0.2) is 0 Å². The lowest BCUT2D eigenvalue weighted by molar-refractivity contribution is 0.423. The molecule has 1 atom stereocenters. The second-order valence-corrected chi connectivity index (χ2v) is 5.10. The van der Waals surface area contributed by atoms with E-state index in [1.165, 1.54) is 0 Å². The van der Waals surface area contributed by atoms with Gasteiger partial charge in [0.1, 0.15) is 4.88 Å². The Bertz CT molecular complexity index is 479. The Hall–Kier alpha value is -1.27. The predicted octanol–water partition coefficient (Wildman–Crippen LogP) is 2.56. The minimum absolute atomic E-state index is 0.0882. The fourth-order valence-electron chi connectivity index (χ4n) is 1.42. The highest BCUT2D eigenvalue weighted by Crippen LogP contribution is 2.25. The zero-order chi connectivity index (χ0) is 12.3. The van der Waals surface area contributed by atoms with E-state index in [0.29, 0.717) is 11.8 Å². The van der Waals surface area contributed by atoms with Crippen LogP contribution in [0.3, 0.4) is 0 Å². The molecule has 17 heavy (non-hydrogen) atoms. The molecule has 0 aliphatic rings. The Balaban J connectivity index is 2.10. The molecule has 0 saturated heterocycles. The molecule has 0 aromatic carbocycles. The van der Waals surface area contributed by atoms with Crippen LogP contribution >= 0.6 is 11.3 Å². The van der Waals surface area contributed by atoms with Crippen LogP contribution in [0.1, 0.15) is 37.2 Å². The number of nitrogens with zero attached hydrogens (tertiary/aromatic N) is 3. The molecule has 2 aromatic heterocycles. The van der Waals surface area contributed by atoms with Gasteiger partial charge in [0.05, 0.1) is 17.2 Å². The van der Waals surface area contributed by atoms with Crippen LogP contribution < -0.4 is 5.32 Å². The van der Waals surface area contributed by atoms with E-state index in [2.05, 4.69) is 27.4 Å². The molecule has 0 bridgehead atoms. The molecule has 0 spiro atoms. The molecular formula is C11H16N4OS. The third-order valence-electron chi connectivity index (χ3n) is 2.34. The quantitative estimate of drug-likeness (QED) is 0.886. The van der Waals surface area contributed by atoms with Gasteiger partial charge in [0.25, 0.3) is 5.89 Å². The van der Waals surface area contributed by atoms with Gasteiger partial charge in [-0.3, -0.25) is 0 Å². The molecule has 6 heteroatoms. The normalized spacial score (nSPS) is 12.9. The zero-order valence-corrected chi connectivity index (χ0v) is 11.0. The van der Waals surface area contributed by atoms with E-state index in [1.54, 1.807) is 17.5 Å². The summed E-state index contributed by atoms with van der Waals surface area (Å²) in [5, 5.41) is 12.4. The molecule has 0 saturated carbocycles.